The Labute approximate surface area is 116 Å². The van der Waals surface area contributed by atoms with E-state index in [0.29, 0.717) is 23.2 Å². The quantitative estimate of drug-likeness (QED) is 0.661. The highest BCUT2D eigenvalue weighted by atomic mass is 127. The maximum Gasteiger partial charge on any atom is 0.269 e. The van der Waals surface area contributed by atoms with Gasteiger partial charge in [0.05, 0.1) is 3.57 Å². The molecule has 0 aliphatic carbocycles. The molecule has 6 nitrogen and oxygen atoms in total. The molecule has 0 bridgehead atoms. The highest BCUT2D eigenvalue weighted by Gasteiger charge is 2.16. The molecule has 0 atom stereocenters. The number of aryl methyl sites for hydroxylation is 1. The van der Waals surface area contributed by atoms with E-state index in [2.05, 4.69) is 42.9 Å². The first-order valence-electron chi connectivity index (χ1n) is 5.18. The van der Waals surface area contributed by atoms with Crippen molar-refractivity contribution >= 4 is 22.6 Å². The van der Waals surface area contributed by atoms with Gasteiger partial charge in [-0.1, -0.05) is 6.07 Å². The van der Waals surface area contributed by atoms with Gasteiger partial charge in [-0.05, 0) is 34.7 Å². The topological polar surface area (TPSA) is 69.6 Å². The number of hydrogen-bond acceptors (Lipinski definition) is 5. The van der Waals surface area contributed by atoms with Crippen LogP contribution in [0.15, 0.2) is 35.0 Å². The lowest BCUT2D eigenvalue weighted by atomic mass is 10.3. The number of nitrogens with zero attached hydrogens (tertiary/aromatic N) is 5. The van der Waals surface area contributed by atoms with Crippen LogP contribution in [0.2, 0.25) is 0 Å². The summed E-state index contributed by atoms with van der Waals surface area (Å²) in [7, 11) is 1.85. The molecular weight excluding hydrogens is 345 g/mol. The SMILES string of the molecule is Cn1cc(I)c(-c2nnc(-c3ccccn3)o2)n1. The summed E-state index contributed by atoms with van der Waals surface area (Å²) >= 11 is 2.18. The predicted molar refractivity (Wildman–Crippen MR) is 72.4 cm³/mol. The van der Waals surface area contributed by atoms with Crippen molar-refractivity contribution in [1.82, 2.24) is 25.0 Å². The Hall–Kier alpha value is -1.77. The van der Waals surface area contributed by atoms with E-state index in [4.69, 9.17) is 4.42 Å². The van der Waals surface area contributed by atoms with Crippen molar-refractivity contribution in [1.29, 1.82) is 0 Å². The summed E-state index contributed by atoms with van der Waals surface area (Å²) in [6.45, 7) is 0. The Morgan fingerprint density at radius 1 is 1.22 bits per heavy atom. The number of hydrogen-bond donors (Lipinski definition) is 0. The molecule has 3 aromatic heterocycles. The third-order valence-corrected chi connectivity index (χ3v) is 3.09. The lowest BCUT2D eigenvalue weighted by Crippen LogP contribution is -1.87. The highest BCUT2D eigenvalue weighted by molar-refractivity contribution is 14.1. The van der Waals surface area contributed by atoms with Gasteiger partial charge in [0, 0.05) is 19.4 Å². The maximum atomic E-state index is 5.58. The van der Waals surface area contributed by atoms with Gasteiger partial charge in [0.2, 0.25) is 0 Å². The third-order valence-electron chi connectivity index (χ3n) is 2.30. The fourth-order valence-corrected chi connectivity index (χ4v) is 2.26. The van der Waals surface area contributed by atoms with E-state index in [-0.39, 0.29) is 0 Å². The van der Waals surface area contributed by atoms with E-state index < -0.39 is 0 Å². The van der Waals surface area contributed by atoms with E-state index >= 15 is 0 Å². The molecule has 3 aromatic rings. The summed E-state index contributed by atoms with van der Waals surface area (Å²) in [5, 5.41) is 12.3. The van der Waals surface area contributed by atoms with Gasteiger partial charge < -0.3 is 4.42 Å². The normalized spacial score (nSPS) is 10.8. The van der Waals surface area contributed by atoms with Gasteiger partial charge in [0.15, 0.2) is 5.69 Å². The standard InChI is InChI=1S/C11H8IN5O/c1-17-6-7(12)9(16-17)11-15-14-10(18-11)8-4-2-3-5-13-8/h2-6H,1H3. The van der Waals surface area contributed by atoms with Crippen molar-refractivity contribution < 1.29 is 4.42 Å². The van der Waals surface area contributed by atoms with Gasteiger partial charge in [0.1, 0.15) is 5.69 Å². The Bertz CT molecular complexity index is 676. The van der Waals surface area contributed by atoms with Crippen molar-refractivity contribution in [3.63, 3.8) is 0 Å². The summed E-state index contributed by atoms with van der Waals surface area (Å²) in [5.74, 6) is 0.799. The van der Waals surface area contributed by atoms with Crippen LogP contribution >= 0.6 is 22.6 Å². The minimum absolute atomic E-state index is 0.395. The van der Waals surface area contributed by atoms with Crippen LogP contribution in [0.4, 0.5) is 0 Å². The number of rotatable bonds is 2. The summed E-state index contributed by atoms with van der Waals surface area (Å²) in [6.07, 6.45) is 3.57. The van der Waals surface area contributed by atoms with Gasteiger partial charge in [-0.15, -0.1) is 10.2 Å². The van der Waals surface area contributed by atoms with Crippen LogP contribution in [0.3, 0.4) is 0 Å². The molecular formula is C11H8IN5O. The fourth-order valence-electron chi connectivity index (χ4n) is 1.52. The molecule has 18 heavy (non-hydrogen) atoms. The van der Waals surface area contributed by atoms with Crippen molar-refractivity contribution in [2.75, 3.05) is 0 Å². The van der Waals surface area contributed by atoms with Gasteiger partial charge >= 0.3 is 0 Å². The van der Waals surface area contributed by atoms with Crippen LogP contribution in [-0.2, 0) is 7.05 Å². The molecule has 90 valence electrons. The van der Waals surface area contributed by atoms with E-state index in [9.17, 15) is 0 Å². The average Bonchev–Trinajstić information content (AvgIpc) is 2.97. The molecule has 0 spiro atoms. The van der Waals surface area contributed by atoms with Crippen LogP contribution in [0, 0.1) is 3.57 Å². The van der Waals surface area contributed by atoms with Crippen molar-refractivity contribution in [2.45, 2.75) is 0 Å². The number of aromatic nitrogens is 5. The first-order chi connectivity index (χ1) is 8.74. The zero-order valence-corrected chi connectivity index (χ0v) is 11.6. The zero-order chi connectivity index (χ0) is 12.5. The summed E-state index contributed by atoms with van der Waals surface area (Å²) < 4.78 is 8.26. The molecule has 7 heteroatoms. The lowest BCUT2D eigenvalue weighted by Gasteiger charge is -1.91. The van der Waals surface area contributed by atoms with Gasteiger partial charge in [0.25, 0.3) is 11.8 Å². The third kappa shape index (κ3) is 2.01. The zero-order valence-electron chi connectivity index (χ0n) is 9.41. The average molecular weight is 353 g/mol. The minimum atomic E-state index is 0.395. The van der Waals surface area contributed by atoms with Gasteiger partial charge in [-0.3, -0.25) is 9.67 Å². The molecule has 0 unspecified atom stereocenters. The molecule has 0 radical (unpaired) electrons. The molecule has 0 aliphatic heterocycles. The Balaban J connectivity index is 2.02. The smallest absolute Gasteiger partial charge is 0.269 e. The molecule has 0 saturated carbocycles. The summed E-state index contributed by atoms with van der Waals surface area (Å²) in [5.41, 5.74) is 1.34. The summed E-state index contributed by atoms with van der Waals surface area (Å²) in [4.78, 5) is 4.16. The Morgan fingerprint density at radius 2 is 2.06 bits per heavy atom. The van der Waals surface area contributed by atoms with E-state index in [1.54, 1.807) is 10.9 Å². The van der Waals surface area contributed by atoms with E-state index in [1.807, 2.05) is 31.4 Å². The Morgan fingerprint density at radius 3 is 2.72 bits per heavy atom. The second-order valence-electron chi connectivity index (χ2n) is 3.63. The van der Waals surface area contributed by atoms with Crippen LogP contribution in [-0.4, -0.2) is 25.0 Å². The minimum Gasteiger partial charge on any atom is -0.413 e. The molecule has 0 aliphatic rings. The molecule has 0 saturated heterocycles. The van der Waals surface area contributed by atoms with Crippen LogP contribution < -0.4 is 0 Å². The molecule has 0 amide bonds. The maximum absolute atomic E-state index is 5.58. The first-order valence-corrected chi connectivity index (χ1v) is 6.26. The molecule has 0 fully saturated rings. The second kappa shape index (κ2) is 4.48. The van der Waals surface area contributed by atoms with Gasteiger partial charge in [-0.2, -0.15) is 5.10 Å². The highest BCUT2D eigenvalue weighted by Crippen LogP contribution is 2.24. The molecule has 0 N–H and O–H groups in total. The van der Waals surface area contributed by atoms with Crippen molar-refractivity contribution in [2.24, 2.45) is 7.05 Å². The largest absolute Gasteiger partial charge is 0.413 e. The van der Waals surface area contributed by atoms with Gasteiger partial charge in [-0.25, -0.2) is 0 Å². The van der Waals surface area contributed by atoms with Crippen LogP contribution in [0.25, 0.3) is 23.2 Å². The van der Waals surface area contributed by atoms with E-state index in [1.165, 1.54) is 0 Å². The molecule has 3 heterocycles. The Kier molecular flexibility index (Phi) is 2.82. The summed E-state index contributed by atoms with van der Waals surface area (Å²) in [6, 6.07) is 5.53. The molecule has 3 rings (SSSR count). The second-order valence-corrected chi connectivity index (χ2v) is 4.79. The number of pyridine rings is 1. The van der Waals surface area contributed by atoms with E-state index in [0.717, 1.165) is 3.57 Å². The monoisotopic (exact) mass is 353 g/mol. The number of halogens is 1. The van der Waals surface area contributed by atoms with Crippen LogP contribution in [0.1, 0.15) is 0 Å². The fraction of sp³-hybridized carbons (Fsp3) is 0.0909. The molecule has 0 aromatic carbocycles. The van der Waals surface area contributed by atoms with Crippen molar-refractivity contribution in [3.8, 4) is 23.2 Å². The van der Waals surface area contributed by atoms with Crippen molar-refractivity contribution in [3.05, 3.63) is 34.2 Å². The predicted octanol–water partition coefficient (Wildman–Crippen LogP) is 2.14. The van der Waals surface area contributed by atoms with Crippen LogP contribution in [0.5, 0.6) is 0 Å². The first kappa shape index (κ1) is 11.3. The lowest BCUT2D eigenvalue weighted by molar-refractivity contribution is 0.577.